The van der Waals surface area contributed by atoms with Crippen molar-refractivity contribution in [1.82, 2.24) is 0 Å². The van der Waals surface area contributed by atoms with Crippen LogP contribution in [0.3, 0.4) is 0 Å². The fraction of sp³-hybridized carbons (Fsp3) is 0.429. The molecular weight excluding hydrogens is 378 g/mol. The highest BCUT2D eigenvalue weighted by Crippen LogP contribution is 2.36. The van der Waals surface area contributed by atoms with Gasteiger partial charge in [0, 0.05) is 17.6 Å². The number of nitrogens with zero attached hydrogens (tertiary/aromatic N) is 1. The summed E-state index contributed by atoms with van der Waals surface area (Å²) in [5.41, 5.74) is 1.73. The maximum absolute atomic E-state index is 11.9. The molecule has 2 saturated heterocycles. The van der Waals surface area contributed by atoms with E-state index < -0.39 is 41.9 Å². The standard InChI is InChI=1S/C21H23NO7/c1-25-19-17(22(23)24)21(26-12-14-8-4-2-5-9-14)28-16-13-27-20(29-18(16)19)15-10-6-3-7-11-15/h2-11,16-21H,12-13H2,1H3/t16-,17-,18-,19-,20-,21-/m1/s1. The predicted octanol–water partition coefficient (Wildman–Crippen LogP) is 2.70. The van der Waals surface area contributed by atoms with E-state index >= 15 is 0 Å². The smallest absolute Gasteiger partial charge is 0.291 e. The highest BCUT2D eigenvalue weighted by atomic mass is 16.8. The molecule has 0 amide bonds. The Labute approximate surface area is 168 Å². The fourth-order valence-electron chi connectivity index (χ4n) is 3.72. The molecule has 0 radical (unpaired) electrons. The molecule has 8 nitrogen and oxygen atoms in total. The van der Waals surface area contributed by atoms with Crippen molar-refractivity contribution in [3.05, 3.63) is 81.9 Å². The van der Waals surface area contributed by atoms with Crippen LogP contribution in [0.1, 0.15) is 17.4 Å². The Hall–Kier alpha value is -2.36. The second-order valence-electron chi connectivity index (χ2n) is 6.99. The van der Waals surface area contributed by atoms with Gasteiger partial charge in [-0.25, -0.2) is 0 Å². The lowest BCUT2D eigenvalue weighted by atomic mass is 9.96. The van der Waals surface area contributed by atoms with E-state index in [0.29, 0.717) is 0 Å². The molecule has 29 heavy (non-hydrogen) atoms. The molecule has 0 unspecified atom stereocenters. The number of nitro groups is 1. The van der Waals surface area contributed by atoms with E-state index in [-0.39, 0.29) is 13.2 Å². The van der Waals surface area contributed by atoms with Gasteiger partial charge < -0.3 is 23.7 Å². The third kappa shape index (κ3) is 4.31. The van der Waals surface area contributed by atoms with Crippen molar-refractivity contribution in [2.75, 3.05) is 13.7 Å². The van der Waals surface area contributed by atoms with Crippen LogP contribution in [0.2, 0.25) is 0 Å². The number of benzene rings is 2. The van der Waals surface area contributed by atoms with Crippen LogP contribution in [0.5, 0.6) is 0 Å². The van der Waals surface area contributed by atoms with Gasteiger partial charge in [-0.05, 0) is 5.56 Å². The van der Waals surface area contributed by atoms with Crippen LogP contribution < -0.4 is 0 Å². The molecule has 2 aromatic rings. The van der Waals surface area contributed by atoms with Crippen molar-refractivity contribution in [2.24, 2.45) is 0 Å². The molecule has 2 fully saturated rings. The van der Waals surface area contributed by atoms with E-state index in [1.807, 2.05) is 60.7 Å². The highest BCUT2D eigenvalue weighted by Gasteiger charge is 2.56. The normalized spacial score (nSPS) is 31.8. The second kappa shape index (κ2) is 8.98. The fourth-order valence-corrected chi connectivity index (χ4v) is 3.72. The zero-order valence-electron chi connectivity index (χ0n) is 16.0. The summed E-state index contributed by atoms with van der Waals surface area (Å²) >= 11 is 0. The molecule has 0 bridgehead atoms. The monoisotopic (exact) mass is 401 g/mol. The topological polar surface area (TPSA) is 89.3 Å². The van der Waals surface area contributed by atoms with Crippen LogP contribution in [0, 0.1) is 10.1 Å². The molecule has 0 saturated carbocycles. The molecule has 154 valence electrons. The number of hydrogen-bond acceptors (Lipinski definition) is 7. The average molecular weight is 401 g/mol. The van der Waals surface area contributed by atoms with E-state index in [0.717, 1.165) is 11.1 Å². The first-order valence-electron chi connectivity index (χ1n) is 9.46. The van der Waals surface area contributed by atoms with Crippen molar-refractivity contribution in [1.29, 1.82) is 0 Å². The van der Waals surface area contributed by atoms with Crippen LogP contribution in [-0.2, 0) is 30.3 Å². The van der Waals surface area contributed by atoms with Gasteiger partial charge in [-0.1, -0.05) is 60.7 Å². The molecular formula is C21H23NO7. The Balaban J connectivity index is 1.51. The molecule has 2 aromatic carbocycles. The van der Waals surface area contributed by atoms with Gasteiger partial charge in [0.1, 0.15) is 12.2 Å². The van der Waals surface area contributed by atoms with Crippen LogP contribution in [0.15, 0.2) is 60.7 Å². The van der Waals surface area contributed by atoms with Gasteiger partial charge in [0.25, 0.3) is 6.04 Å². The van der Waals surface area contributed by atoms with Gasteiger partial charge in [-0.3, -0.25) is 10.1 Å². The van der Waals surface area contributed by atoms with Crippen molar-refractivity contribution in [3.8, 4) is 0 Å². The number of rotatable bonds is 6. The molecule has 4 rings (SSSR count). The van der Waals surface area contributed by atoms with Crippen LogP contribution in [0.25, 0.3) is 0 Å². The second-order valence-corrected chi connectivity index (χ2v) is 6.99. The molecule has 2 heterocycles. The molecule has 0 spiro atoms. The molecule has 0 N–H and O–H groups in total. The highest BCUT2D eigenvalue weighted by molar-refractivity contribution is 5.17. The zero-order valence-corrected chi connectivity index (χ0v) is 16.0. The summed E-state index contributed by atoms with van der Waals surface area (Å²) in [6, 6.07) is 17.6. The largest absolute Gasteiger partial charge is 0.371 e. The first-order valence-corrected chi connectivity index (χ1v) is 9.46. The van der Waals surface area contributed by atoms with Gasteiger partial charge in [-0.2, -0.15) is 0 Å². The third-order valence-corrected chi connectivity index (χ3v) is 5.15. The zero-order chi connectivity index (χ0) is 20.2. The Morgan fingerprint density at radius 1 is 1.07 bits per heavy atom. The molecule has 8 heteroatoms. The Kier molecular flexibility index (Phi) is 6.17. The van der Waals surface area contributed by atoms with Gasteiger partial charge in [0.2, 0.25) is 6.29 Å². The van der Waals surface area contributed by atoms with Gasteiger partial charge >= 0.3 is 0 Å². The summed E-state index contributed by atoms with van der Waals surface area (Å²) in [7, 11) is 1.44. The lowest BCUT2D eigenvalue weighted by molar-refractivity contribution is -0.579. The predicted molar refractivity (Wildman–Crippen MR) is 101 cm³/mol. The van der Waals surface area contributed by atoms with Crippen molar-refractivity contribution in [2.45, 2.75) is 43.5 Å². The molecule has 6 atom stereocenters. The van der Waals surface area contributed by atoms with E-state index in [9.17, 15) is 10.1 Å². The maximum Gasteiger partial charge on any atom is 0.291 e. The van der Waals surface area contributed by atoms with Crippen LogP contribution in [0.4, 0.5) is 0 Å². The number of methoxy groups -OCH3 is 1. The summed E-state index contributed by atoms with van der Waals surface area (Å²) in [5.74, 6) is 0. The SMILES string of the molecule is CO[C@H]1[C@@H]2O[C@H](c3ccccc3)OC[C@H]2O[C@@H](OCc2ccccc2)[C@@H]1[N+](=O)[O-]. The number of hydrogen-bond donors (Lipinski definition) is 0. The van der Waals surface area contributed by atoms with E-state index in [1.165, 1.54) is 7.11 Å². The first kappa shape index (κ1) is 19.9. The number of ether oxygens (including phenoxy) is 5. The Morgan fingerprint density at radius 2 is 1.76 bits per heavy atom. The van der Waals surface area contributed by atoms with Crippen molar-refractivity contribution in [3.63, 3.8) is 0 Å². The summed E-state index contributed by atoms with van der Waals surface area (Å²) in [6.07, 6.45) is -3.72. The van der Waals surface area contributed by atoms with Gasteiger partial charge in [-0.15, -0.1) is 0 Å². The third-order valence-electron chi connectivity index (χ3n) is 5.15. The van der Waals surface area contributed by atoms with Crippen molar-refractivity contribution >= 4 is 0 Å². The van der Waals surface area contributed by atoms with Crippen LogP contribution >= 0.6 is 0 Å². The Bertz CT molecular complexity index is 803. The van der Waals surface area contributed by atoms with Gasteiger partial charge in [0.05, 0.1) is 13.2 Å². The summed E-state index contributed by atoms with van der Waals surface area (Å²) < 4.78 is 29.1. The first-order chi connectivity index (χ1) is 14.2. The molecule has 0 aromatic heterocycles. The van der Waals surface area contributed by atoms with E-state index in [1.54, 1.807) is 0 Å². The number of fused-ring (bicyclic) bond motifs is 1. The van der Waals surface area contributed by atoms with Gasteiger partial charge in [0.15, 0.2) is 12.4 Å². The minimum absolute atomic E-state index is 0.192. The lowest BCUT2D eigenvalue weighted by Gasteiger charge is -2.45. The van der Waals surface area contributed by atoms with Crippen molar-refractivity contribution < 1.29 is 28.6 Å². The molecule has 2 aliphatic heterocycles. The quantitative estimate of drug-likeness (QED) is 0.543. The summed E-state index contributed by atoms with van der Waals surface area (Å²) in [6.45, 7) is 0.414. The van der Waals surface area contributed by atoms with E-state index in [2.05, 4.69) is 0 Å². The molecule has 2 aliphatic rings. The maximum atomic E-state index is 11.9. The minimum atomic E-state index is -1.22. The lowest BCUT2D eigenvalue weighted by Crippen LogP contribution is -2.64. The summed E-state index contributed by atoms with van der Waals surface area (Å²) in [5, 5.41) is 11.9. The minimum Gasteiger partial charge on any atom is -0.371 e. The van der Waals surface area contributed by atoms with Crippen LogP contribution in [-0.4, -0.2) is 49.3 Å². The molecule has 0 aliphatic carbocycles. The average Bonchev–Trinajstić information content (AvgIpc) is 2.77. The van der Waals surface area contributed by atoms with E-state index in [4.69, 9.17) is 23.7 Å². The Morgan fingerprint density at radius 3 is 2.41 bits per heavy atom. The summed E-state index contributed by atoms with van der Waals surface area (Å²) in [4.78, 5) is 11.4.